The molecule has 1 aliphatic heterocycles. The number of imide groups is 1. The van der Waals surface area contributed by atoms with E-state index in [1.807, 2.05) is 32.0 Å². The number of rotatable bonds is 4. The minimum atomic E-state index is -1.48. The lowest BCUT2D eigenvalue weighted by molar-refractivity contribution is -0.139. The average molecular weight is 287 g/mol. The zero-order valence-corrected chi connectivity index (χ0v) is 12.3. The molecule has 110 valence electrons. The number of benzene rings is 1. The Morgan fingerprint density at radius 1 is 1.10 bits per heavy atom. The molecule has 1 aromatic rings. The number of aryl methyl sites for hydroxylation is 2. The maximum atomic E-state index is 12.4. The van der Waals surface area contributed by atoms with Crippen LogP contribution in [0.4, 0.5) is 5.69 Å². The summed E-state index contributed by atoms with van der Waals surface area (Å²) in [7, 11) is 0. The van der Waals surface area contributed by atoms with Crippen molar-refractivity contribution in [1.29, 1.82) is 0 Å². The number of hydrogen-bond acceptors (Lipinski definition) is 4. The summed E-state index contributed by atoms with van der Waals surface area (Å²) in [5.41, 5.74) is 2.09. The molecule has 1 atom stereocenters. The maximum absolute atomic E-state index is 12.4. The summed E-state index contributed by atoms with van der Waals surface area (Å²) in [6.45, 7) is 4.98. The monoisotopic (exact) mass is 287 g/mol. The lowest BCUT2D eigenvalue weighted by Gasteiger charge is -2.20. The Labute approximate surface area is 122 Å². The Morgan fingerprint density at radius 3 is 2.00 bits per heavy atom. The Kier molecular flexibility index (Phi) is 4.02. The van der Waals surface area contributed by atoms with E-state index in [1.165, 1.54) is 0 Å². The fourth-order valence-electron chi connectivity index (χ4n) is 2.65. The van der Waals surface area contributed by atoms with E-state index in [9.17, 15) is 19.2 Å². The summed E-state index contributed by atoms with van der Waals surface area (Å²) in [4.78, 5) is 48.8. The number of ketones is 2. The van der Waals surface area contributed by atoms with E-state index >= 15 is 0 Å². The highest BCUT2D eigenvalue weighted by atomic mass is 16.2. The fraction of sp³-hybridized carbons (Fsp3) is 0.375. The van der Waals surface area contributed by atoms with Crippen molar-refractivity contribution in [3.63, 3.8) is 0 Å². The third kappa shape index (κ3) is 2.28. The van der Waals surface area contributed by atoms with Crippen molar-refractivity contribution in [2.75, 3.05) is 4.90 Å². The van der Waals surface area contributed by atoms with Gasteiger partial charge in [0.1, 0.15) is 5.78 Å². The second-order valence-corrected chi connectivity index (χ2v) is 5.02. The Hall–Kier alpha value is -2.30. The van der Waals surface area contributed by atoms with E-state index in [1.54, 1.807) is 0 Å². The highest BCUT2D eigenvalue weighted by molar-refractivity contribution is 6.59. The van der Waals surface area contributed by atoms with Crippen LogP contribution in [0.5, 0.6) is 0 Å². The molecule has 1 aromatic carbocycles. The average Bonchev–Trinajstić information content (AvgIpc) is 2.68. The van der Waals surface area contributed by atoms with E-state index in [4.69, 9.17) is 0 Å². The van der Waals surface area contributed by atoms with Gasteiger partial charge in [0, 0.05) is 0 Å². The standard InChI is InChI=1S/C16H17NO4/c1-4-10-7-6-8-11(5-2)13(10)17-15(20)12(9(3)18)14(19)16(17)21/h6-8,12H,4-5H2,1-3H3/t12-/m0/s1. The van der Waals surface area contributed by atoms with Gasteiger partial charge in [-0.2, -0.15) is 0 Å². The predicted octanol–water partition coefficient (Wildman–Crippen LogP) is 1.46. The van der Waals surface area contributed by atoms with E-state index in [0.29, 0.717) is 18.5 Å². The minimum absolute atomic E-state index is 0.467. The quantitative estimate of drug-likeness (QED) is 0.477. The van der Waals surface area contributed by atoms with Crippen molar-refractivity contribution in [3.8, 4) is 0 Å². The van der Waals surface area contributed by atoms with E-state index in [2.05, 4.69) is 0 Å². The molecular weight excluding hydrogens is 270 g/mol. The maximum Gasteiger partial charge on any atom is 0.302 e. The van der Waals surface area contributed by atoms with Gasteiger partial charge in [-0.1, -0.05) is 32.0 Å². The molecule has 0 saturated carbocycles. The van der Waals surface area contributed by atoms with Crippen molar-refractivity contribution in [3.05, 3.63) is 29.3 Å². The molecule has 21 heavy (non-hydrogen) atoms. The molecule has 0 aromatic heterocycles. The number of carbonyl (C=O) groups excluding carboxylic acids is 4. The number of para-hydroxylation sites is 1. The zero-order valence-electron chi connectivity index (χ0n) is 12.3. The van der Waals surface area contributed by atoms with Gasteiger partial charge < -0.3 is 0 Å². The van der Waals surface area contributed by atoms with Gasteiger partial charge in [-0.15, -0.1) is 0 Å². The Balaban J connectivity index is 2.62. The van der Waals surface area contributed by atoms with Gasteiger partial charge in [-0.3, -0.25) is 19.2 Å². The van der Waals surface area contributed by atoms with Gasteiger partial charge >= 0.3 is 5.91 Å². The zero-order chi connectivity index (χ0) is 15.7. The first-order chi connectivity index (χ1) is 9.93. The van der Waals surface area contributed by atoms with Crippen LogP contribution in [-0.2, 0) is 32.0 Å². The Bertz CT molecular complexity index is 625. The highest BCUT2D eigenvalue weighted by Crippen LogP contribution is 2.32. The van der Waals surface area contributed by atoms with Gasteiger partial charge in [0.15, 0.2) is 5.92 Å². The van der Waals surface area contributed by atoms with Crippen molar-refractivity contribution in [2.45, 2.75) is 33.6 Å². The van der Waals surface area contributed by atoms with Crippen LogP contribution < -0.4 is 4.90 Å². The van der Waals surface area contributed by atoms with Crippen LogP contribution in [0.1, 0.15) is 31.9 Å². The molecule has 0 aliphatic carbocycles. The van der Waals surface area contributed by atoms with Gasteiger partial charge in [0.05, 0.1) is 5.69 Å². The lowest BCUT2D eigenvalue weighted by Crippen LogP contribution is -2.33. The second-order valence-electron chi connectivity index (χ2n) is 5.02. The number of amides is 2. The van der Waals surface area contributed by atoms with E-state index in [-0.39, 0.29) is 0 Å². The predicted molar refractivity (Wildman–Crippen MR) is 76.9 cm³/mol. The smallest absolute Gasteiger partial charge is 0.299 e. The van der Waals surface area contributed by atoms with Gasteiger partial charge in [0.25, 0.3) is 5.91 Å². The minimum Gasteiger partial charge on any atom is -0.299 e. The van der Waals surface area contributed by atoms with E-state index in [0.717, 1.165) is 23.0 Å². The molecule has 2 amide bonds. The van der Waals surface area contributed by atoms with Crippen LogP contribution in [0.2, 0.25) is 0 Å². The summed E-state index contributed by atoms with van der Waals surface area (Å²) in [6, 6.07) is 5.50. The van der Waals surface area contributed by atoms with Gasteiger partial charge in [0.2, 0.25) is 5.78 Å². The first-order valence-corrected chi connectivity index (χ1v) is 6.97. The molecule has 5 heteroatoms. The molecule has 2 rings (SSSR count). The molecule has 0 N–H and O–H groups in total. The number of hydrogen-bond donors (Lipinski definition) is 0. The molecule has 0 bridgehead atoms. The van der Waals surface area contributed by atoms with Crippen molar-refractivity contribution in [1.82, 2.24) is 0 Å². The third-order valence-corrected chi connectivity index (χ3v) is 3.74. The number of carbonyl (C=O) groups is 4. The molecule has 1 fully saturated rings. The molecule has 0 radical (unpaired) electrons. The summed E-state index contributed by atoms with van der Waals surface area (Å²) < 4.78 is 0. The molecule has 1 aliphatic rings. The van der Waals surface area contributed by atoms with Crippen LogP contribution >= 0.6 is 0 Å². The molecular formula is C16H17NO4. The van der Waals surface area contributed by atoms with Crippen molar-refractivity contribution in [2.24, 2.45) is 5.92 Å². The summed E-state index contributed by atoms with van der Waals surface area (Å²) >= 11 is 0. The molecule has 5 nitrogen and oxygen atoms in total. The third-order valence-electron chi connectivity index (χ3n) is 3.74. The molecule has 1 heterocycles. The van der Waals surface area contributed by atoms with Crippen LogP contribution in [0.3, 0.4) is 0 Å². The fourth-order valence-corrected chi connectivity index (χ4v) is 2.65. The second kappa shape index (κ2) is 5.60. The summed E-state index contributed by atoms with van der Waals surface area (Å²) in [5, 5.41) is 0. The Morgan fingerprint density at radius 2 is 1.62 bits per heavy atom. The van der Waals surface area contributed by atoms with Crippen LogP contribution in [0, 0.1) is 5.92 Å². The van der Waals surface area contributed by atoms with Crippen LogP contribution in [-0.4, -0.2) is 23.4 Å². The van der Waals surface area contributed by atoms with E-state index < -0.39 is 29.3 Å². The largest absolute Gasteiger partial charge is 0.302 e. The number of anilines is 1. The number of Topliss-reactive ketones (excluding diaryl/α,β-unsaturated/α-hetero) is 2. The van der Waals surface area contributed by atoms with Crippen LogP contribution in [0.15, 0.2) is 18.2 Å². The molecule has 0 spiro atoms. The van der Waals surface area contributed by atoms with Crippen molar-refractivity contribution < 1.29 is 19.2 Å². The number of nitrogens with zero attached hydrogens (tertiary/aromatic N) is 1. The summed E-state index contributed by atoms with van der Waals surface area (Å²) in [6.07, 6.45) is 1.25. The molecule has 0 unspecified atom stereocenters. The first kappa shape index (κ1) is 15.1. The van der Waals surface area contributed by atoms with Crippen LogP contribution in [0.25, 0.3) is 0 Å². The van der Waals surface area contributed by atoms with Crippen molar-refractivity contribution >= 4 is 29.1 Å². The highest BCUT2D eigenvalue weighted by Gasteiger charge is 2.50. The SMILES string of the molecule is CCc1cccc(CC)c1N1C(=O)C(=O)[C@H](C(C)=O)C1=O. The lowest BCUT2D eigenvalue weighted by atomic mass is 10.0. The van der Waals surface area contributed by atoms with Gasteiger partial charge in [-0.05, 0) is 30.9 Å². The molecule has 1 saturated heterocycles. The summed E-state index contributed by atoms with van der Waals surface area (Å²) in [5.74, 6) is -4.63. The van der Waals surface area contributed by atoms with Gasteiger partial charge in [-0.25, -0.2) is 4.90 Å². The normalized spacial score (nSPS) is 18.5. The topological polar surface area (TPSA) is 71.5 Å². The first-order valence-electron chi connectivity index (χ1n) is 6.97.